The standard InChI is InChI=1S/C7H6O6S.H4NO/c8-6-2-1-4(14(11,12)13)3-5(6)7(9)10;1-2/h1-3,8H,(H,9,10)(H,11,12,13);2H,1H3/q;+1/p-1. The summed E-state index contributed by atoms with van der Waals surface area (Å²) in [5.74, 6) is 0.151. The second kappa shape index (κ2) is 5.42. The van der Waals surface area contributed by atoms with Crippen LogP contribution in [0.5, 0.6) is 5.75 Å². The number of phenols is 1. The average Bonchev–Trinajstić information content (AvgIpc) is 2.19. The molecule has 0 saturated heterocycles. The second-order valence-electron chi connectivity index (χ2n) is 2.44. The van der Waals surface area contributed by atoms with E-state index in [4.69, 9.17) is 15.4 Å². The lowest BCUT2D eigenvalue weighted by Gasteiger charge is -2.08. The van der Waals surface area contributed by atoms with E-state index in [2.05, 4.69) is 5.90 Å². The van der Waals surface area contributed by atoms with Crippen molar-refractivity contribution in [2.75, 3.05) is 0 Å². The van der Waals surface area contributed by atoms with E-state index in [0.717, 1.165) is 12.1 Å². The molecule has 0 heterocycles. The van der Waals surface area contributed by atoms with E-state index in [-0.39, 0.29) is 0 Å². The number of aromatic hydroxyl groups is 1. The van der Waals surface area contributed by atoms with Crippen molar-refractivity contribution < 1.29 is 39.1 Å². The fraction of sp³-hybridized carbons (Fsp3) is 0. The van der Waals surface area contributed by atoms with Crippen LogP contribution in [0.25, 0.3) is 0 Å². The molecule has 0 saturated carbocycles. The summed E-state index contributed by atoms with van der Waals surface area (Å²) in [5, 5.41) is 24.2. The van der Waals surface area contributed by atoms with Crippen molar-refractivity contribution in [2.24, 2.45) is 0 Å². The lowest BCUT2D eigenvalue weighted by Crippen LogP contribution is -2.42. The van der Waals surface area contributed by atoms with Crippen molar-refractivity contribution in [3.8, 4) is 5.75 Å². The Kier molecular flexibility index (Phi) is 4.85. The highest BCUT2D eigenvalue weighted by Crippen LogP contribution is 2.20. The van der Waals surface area contributed by atoms with Gasteiger partial charge >= 0.3 is 5.97 Å². The third kappa shape index (κ3) is 3.47. The number of carboxylic acid groups (broad SMARTS) is 1. The minimum atomic E-state index is -4.70. The fourth-order valence-electron chi connectivity index (χ4n) is 0.842. The topological polar surface area (TPSA) is 163 Å². The Labute approximate surface area is 90.3 Å². The summed E-state index contributed by atoms with van der Waals surface area (Å²) in [6.07, 6.45) is 0. The first-order chi connectivity index (χ1) is 7.32. The van der Waals surface area contributed by atoms with Gasteiger partial charge in [0.25, 0.3) is 0 Å². The third-order valence-corrected chi connectivity index (χ3v) is 2.32. The third-order valence-electron chi connectivity index (χ3n) is 1.49. The predicted octanol–water partition coefficient (Wildman–Crippen LogP) is -1.39. The van der Waals surface area contributed by atoms with Crippen LogP contribution < -0.4 is 5.90 Å². The van der Waals surface area contributed by atoms with Gasteiger partial charge in [0, 0.05) is 0 Å². The van der Waals surface area contributed by atoms with E-state index in [0.29, 0.717) is 6.07 Å². The van der Waals surface area contributed by atoms with Gasteiger partial charge in [-0.05, 0) is 18.2 Å². The molecule has 1 aromatic carbocycles. The molecule has 0 bridgehead atoms. The smallest absolute Gasteiger partial charge is 0.339 e. The number of hydrogen-bond acceptors (Lipinski definition) is 6. The number of carbonyl (C=O) groups is 1. The van der Waals surface area contributed by atoms with Crippen molar-refractivity contribution in [3.63, 3.8) is 0 Å². The molecule has 0 aromatic heterocycles. The summed E-state index contributed by atoms with van der Waals surface area (Å²) in [4.78, 5) is 9.76. The molecular formula is C7H9NO7S. The first kappa shape index (κ1) is 14.3. The van der Waals surface area contributed by atoms with Gasteiger partial charge in [0.15, 0.2) is 0 Å². The van der Waals surface area contributed by atoms with Crippen LogP contribution in [-0.4, -0.2) is 34.4 Å². The lowest BCUT2D eigenvalue weighted by molar-refractivity contribution is -0.670. The minimum absolute atomic E-state index is 0.593. The SMILES string of the molecule is O=C(O)c1cc(S(=O)(=O)[O-])ccc1O.[NH3+]O. The van der Waals surface area contributed by atoms with Gasteiger partial charge in [0.05, 0.1) is 4.90 Å². The maximum absolute atomic E-state index is 10.5. The Morgan fingerprint density at radius 2 is 1.81 bits per heavy atom. The van der Waals surface area contributed by atoms with E-state index >= 15 is 0 Å². The van der Waals surface area contributed by atoms with Crippen molar-refractivity contribution >= 4 is 16.1 Å². The fourth-order valence-corrected chi connectivity index (χ4v) is 1.34. The van der Waals surface area contributed by atoms with Gasteiger partial charge < -0.3 is 14.8 Å². The molecule has 16 heavy (non-hydrogen) atoms. The maximum Gasteiger partial charge on any atom is 0.339 e. The molecule has 9 heteroatoms. The van der Waals surface area contributed by atoms with Crippen LogP contribution in [0.4, 0.5) is 0 Å². The molecule has 0 aliphatic carbocycles. The highest BCUT2D eigenvalue weighted by molar-refractivity contribution is 7.85. The Balaban J connectivity index is 0.00000106. The van der Waals surface area contributed by atoms with Crippen LogP contribution >= 0.6 is 0 Å². The van der Waals surface area contributed by atoms with Gasteiger partial charge in [0.1, 0.15) is 21.4 Å². The number of rotatable bonds is 2. The zero-order valence-corrected chi connectivity index (χ0v) is 8.64. The second-order valence-corrected chi connectivity index (χ2v) is 3.82. The molecular weight excluding hydrogens is 242 g/mol. The molecule has 6 N–H and O–H groups in total. The Morgan fingerprint density at radius 1 is 1.31 bits per heavy atom. The Morgan fingerprint density at radius 3 is 2.19 bits per heavy atom. The predicted molar refractivity (Wildman–Crippen MR) is 47.7 cm³/mol. The lowest BCUT2D eigenvalue weighted by atomic mass is 10.2. The maximum atomic E-state index is 10.5. The number of carboxylic acids is 1. The van der Waals surface area contributed by atoms with E-state index in [1.165, 1.54) is 0 Å². The summed E-state index contributed by atoms with van der Waals surface area (Å²) in [6, 6.07) is 2.29. The zero-order chi connectivity index (χ0) is 12.9. The first-order valence-corrected chi connectivity index (χ1v) is 5.07. The molecule has 0 atom stereocenters. The highest BCUT2D eigenvalue weighted by Gasteiger charge is 2.12. The quantitative estimate of drug-likeness (QED) is 0.371. The molecule has 0 aliphatic rings. The van der Waals surface area contributed by atoms with Crippen LogP contribution in [0.1, 0.15) is 10.4 Å². The molecule has 0 fully saturated rings. The molecule has 0 amide bonds. The van der Waals surface area contributed by atoms with Gasteiger partial charge in [-0.15, -0.1) is 0 Å². The van der Waals surface area contributed by atoms with Gasteiger partial charge in [-0.2, -0.15) is 0 Å². The van der Waals surface area contributed by atoms with Crippen molar-refractivity contribution in [1.82, 2.24) is 0 Å². The highest BCUT2D eigenvalue weighted by atomic mass is 32.2. The van der Waals surface area contributed by atoms with Crippen LogP contribution in [-0.2, 0) is 10.1 Å². The van der Waals surface area contributed by atoms with Crippen LogP contribution in [0, 0.1) is 0 Å². The van der Waals surface area contributed by atoms with E-state index < -0.39 is 32.3 Å². The number of hydrogen-bond donors (Lipinski definition) is 4. The molecule has 0 radical (unpaired) electrons. The summed E-state index contributed by atoms with van der Waals surface area (Å²) >= 11 is 0. The van der Waals surface area contributed by atoms with Crippen LogP contribution in [0.15, 0.2) is 23.1 Å². The summed E-state index contributed by atoms with van der Waals surface area (Å²) in [5.41, 5.74) is -0.623. The van der Waals surface area contributed by atoms with Gasteiger partial charge in [-0.3, -0.25) is 0 Å². The molecule has 1 aromatic rings. The number of quaternary nitrogens is 1. The van der Waals surface area contributed by atoms with E-state index in [1.54, 1.807) is 0 Å². The summed E-state index contributed by atoms with van der Waals surface area (Å²) in [6.45, 7) is 0. The minimum Gasteiger partial charge on any atom is -0.744 e. The number of aromatic carboxylic acids is 1. The summed E-state index contributed by atoms with van der Waals surface area (Å²) in [7, 11) is -4.70. The monoisotopic (exact) mass is 251 g/mol. The van der Waals surface area contributed by atoms with Gasteiger partial charge in [-0.25, -0.2) is 24.3 Å². The first-order valence-electron chi connectivity index (χ1n) is 3.66. The molecule has 1 rings (SSSR count). The van der Waals surface area contributed by atoms with E-state index in [9.17, 15) is 17.8 Å². The Bertz CT molecular complexity index is 482. The van der Waals surface area contributed by atoms with Crippen LogP contribution in [0.3, 0.4) is 0 Å². The zero-order valence-electron chi connectivity index (χ0n) is 7.82. The molecule has 90 valence electrons. The van der Waals surface area contributed by atoms with Gasteiger partial charge in [0.2, 0.25) is 0 Å². The molecule has 0 spiro atoms. The molecule has 0 aliphatic heterocycles. The molecule has 8 nitrogen and oxygen atoms in total. The van der Waals surface area contributed by atoms with Crippen LogP contribution in [0.2, 0.25) is 0 Å². The number of benzene rings is 1. The summed E-state index contributed by atoms with van der Waals surface area (Å²) < 4.78 is 31.5. The van der Waals surface area contributed by atoms with Crippen molar-refractivity contribution in [2.45, 2.75) is 4.90 Å². The molecule has 0 unspecified atom stereocenters. The van der Waals surface area contributed by atoms with Crippen molar-refractivity contribution in [3.05, 3.63) is 23.8 Å². The Hall–Kier alpha value is -1.68. The van der Waals surface area contributed by atoms with Gasteiger partial charge in [-0.1, -0.05) is 0 Å². The van der Waals surface area contributed by atoms with Crippen molar-refractivity contribution in [1.29, 1.82) is 0 Å². The van der Waals surface area contributed by atoms with E-state index in [1.807, 2.05) is 0 Å². The largest absolute Gasteiger partial charge is 0.744 e. The normalized spacial score (nSPS) is 10.2. The average molecular weight is 251 g/mol.